The molecule has 27 heavy (non-hydrogen) atoms. The molecule has 3 heterocycles. The van der Waals surface area contributed by atoms with Crippen LogP contribution in [0.1, 0.15) is 24.2 Å². The average molecular weight is 368 g/mol. The van der Waals surface area contributed by atoms with Crippen molar-refractivity contribution in [3.63, 3.8) is 0 Å². The molecule has 0 aliphatic rings. The second kappa shape index (κ2) is 7.14. The Morgan fingerprint density at radius 2 is 1.89 bits per heavy atom. The highest BCUT2D eigenvalue weighted by molar-refractivity contribution is 6.03. The summed E-state index contributed by atoms with van der Waals surface area (Å²) < 4.78 is 7.29. The van der Waals surface area contributed by atoms with Crippen molar-refractivity contribution in [2.75, 3.05) is 7.11 Å². The number of ether oxygens (including phenoxy) is 1. The molecule has 3 rings (SSSR count). The lowest BCUT2D eigenvalue weighted by atomic mass is 10.1. The van der Waals surface area contributed by atoms with Crippen molar-refractivity contribution in [2.24, 2.45) is 13.0 Å². The van der Waals surface area contributed by atoms with Crippen molar-refractivity contribution in [3.05, 3.63) is 57.0 Å². The molecule has 0 atom stereocenters. The van der Waals surface area contributed by atoms with Crippen molar-refractivity contribution < 1.29 is 9.53 Å². The number of fused-ring (bicyclic) bond motifs is 1. The van der Waals surface area contributed by atoms with Crippen LogP contribution >= 0.6 is 0 Å². The van der Waals surface area contributed by atoms with Crippen LogP contribution in [0.3, 0.4) is 0 Å². The molecule has 140 valence electrons. The van der Waals surface area contributed by atoms with E-state index in [9.17, 15) is 14.4 Å². The molecule has 0 saturated heterocycles. The number of carbonyl (C=O) groups is 1. The quantitative estimate of drug-likeness (QED) is 0.649. The van der Waals surface area contributed by atoms with E-state index in [1.54, 1.807) is 24.5 Å². The molecule has 0 unspecified atom stereocenters. The molecule has 0 aromatic carbocycles. The van der Waals surface area contributed by atoms with Gasteiger partial charge in [-0.1, -0.05) is 13.8 Å². The van der Waals surface area contributed by atoms with Gasteiger partial charge in [0, 0.05) is 31.5 Å². The normalized spacial score (nSPS) is 11.1. The van der Waals surface area contributed by atoms with E-state index in [1.807, 2.05) is 13.8 Å². The molecule has 8 heteroatoms. The Balaban J connectivity index is 2.51. The molecule has 0 bridgehead atoms. The van der Waals surface area contributed by atoms with Gasteiger partial charge in [-0.3, -0.25) is 18.9 Å². The van der Waals surface area contributed by atoms with Gasteiger partial charge in [0.2, 0.25) is 0 Å². The number of esters is 1. The van der Waals surface area contributed by atoms with E-state index in [0.717, 1.165) is 4.57 Å². The van der Waals surface area contributed by atoms with Crippen LogP contribution in [0.5, 0.6) is 0 Å². The summed E-state index contributed by atoms with van der Waals surface area (Å²) in [5, 5.41) is 0.0717. The zero-order valence-electron chi connectivity index (χ0n) is 15.6. The van der Waals surface area contributed by atoms with E-state index in [4.69, 9.17) is 4.74 Å². The summed E-state index contributed by atoms with van der Waals surface area (Å²) in [7, 11) is 2.63. The molecule has 0 saturated carbocycles. The van der Waals surface area contributed by atoms with Crippen LogP contribution in [0.4, 0.5) is 0 Å². The number of hydrogen-bond donors (Lipinski definition) is 0. The van der Waals surface area contributed by atoms with E-state index in [1.165, 1.54) is 24.8 Å². The lowest BCUT2D eigenvalue weighted by molar-refractivity contribution is 0.0603. The predicted molar refractivity (Wildman–Crippen MR) is 101 cm³/mol. The lowest BCUT2D eigenvalue weighted by Gasteiger charge is -2.16. The van der Waals surface area contributed by atoms with E-state index in [0.29, 0.717) is 17.8 Å². The molecular weight excluding hydrogens is 348 g/mol. The number of hydrogen-bond acceptors (Lipinski definition) is 6. The van der Waals surface area contributed by atoms with Gasteiger partial charge in [0.1, 0.15) is 0 Å². The van der Waals surface area contributed by atoms with Gasteiger partial charge >= 0.3 is 11.7 Å². The molecule has 0 aliphatic carbocycles. The van der Waals surface area contributed by atoms with Crippen molar-refractivity contribution in [1.29, 1.82) is 0 Å². The Morgan fingerprint density at radius 1 is 1.22 bits per heavy atom. The molecule has 0 spiro atoms. The summed E-state index contributed by atoms with van der Waals surface area (Å²) in [4.78, 5) is 46.4. The van der Waals surface area contributed by atoms with Crippen LogP contribution in [-0.4, -0.2) is 32.2 Å². The Kier molecular flexibility index (Phi) is 4.89. The van der Waals surface area contributed by atoms with E-state index >= 15 is 0 Å². The maximum absolute atomic E-state index is 12.8. The van der Waals surface area contributed by atoms with Gasteiger partial charge in [0.15, 0.2) is 5.65 Å². The van der Waals surface area contributed by atoms with Crippen molar-refractivity contribution in [1.82, 2.24) is 19.1 Å². The summed E-state index contributed by atoms with van der Waals surface area (Å²) in [5.74, 6) is -0.527. The highest BCUT2D eigenvalue weighted by Gasteiger charge is 2.22. The first-order chi connectivity index (χ1) is 12.8. The molecule has 0 radical (unpaired) electrons. The van der Waals surface area contributed by atoms with Crippen LogP contribution in [0.25, 0.3) is 22.3 Å². The molecular formula is C19H20N4O4. The fraction of sp³-hybridized carbons (Fsp3) is 0.316. The standard InChI is InChI=1S/C19H20N4O4/c1-11(2)10-23-16-15(17(24)22(3)19(23)26)13(18(25)27-4)9-14(21-16)12-5-7-20-8-6-12/h5-9,11H,10H2,1-4H3. The Hall–Kier alpha value is -3.29. The van der Waals surface area contributed by atoms with Crippen molar-refractivity contribution >= 4 is 17.0 Å². The minimum atomic E-state index is -0.662. The third-order valence-corrected chi connectivity index (χ3v) is 4.22. The Bertz CT molecular complexity index is 1130. The summed E-state index contributed by atoms with van der Waals surface area (Å²) >= 11 is 0. The smallest absolute Gasteiger partial charge is 0.338 e. The zero-order valence-corrected chi connectivity index (χ0v) is 15.6. The first-order valence-electron chi connectivity index (χ1n) is 8.48. The van der Waals surface area contributed by atoms with Crippen molar-refractivity contribution in [2.45, 2.75) is 20.4 Å². The van der Waals surface area contributed by atoms with Crippen LogP contribution in [-0.2, 0) is 18.3 Å². The topological polar surface area (TPSA) is 96.1 Å². The molecule has 0 aliphatic heterocycles. The van der Waals surface area contributed by atoms with Crippen LogP contribution in [0.15, 0.2) is 40.2 Å². The molecule has 0 amide bonds. The third-order valence-electron chi connectivity index (χ3n) is 4.22. The first kappa shape index (κ1) is 18.5. The van der Waals surface area contributed by atoms with Gasteiger partial charge < -0.3 is 4.74 Å². The largest absolute Gasteiger partial charge is 0.465 e. The number of methoxy groups -OCH3 is 1. The molecule has 0 N–H and O–H groups in total. The highest BCUT2D eigenvalue weighted by atomic mass is 16.5. The second-order valence-corrected chi connectivity index (χ2v) is 6.63. The molecule has 3 aromatic rings. The summed E-state index contributed by atoms with van der Waals surface area (Å²) in [6, 6.07) is 4.98. The van der Waals surface area contributed by atoms with Gasteiger partial charge in [0.05, 0.1) is 23.8 Å². The number of rotatable bonds is 4. The monoisotopic (exact) mass is 368 g/mol. The number of nitrogens with zero attached hydrogens (tertiary/aromatic N) is 4. The van der Waals surface area contributed by atoms with Crippen LogP contribution < -0.4 is 11.2 Å². The highest BCUT2D eigenvalue weighted by Crippen LogP contribution is 2.23. The summed E-state index contributed by atoms with van der Waals surface area (Å²) in [6.07, 6.45) is 3.20. The SMILES string of the molecule is COC(=O)c1cc(-c2ccncc2)nc2c1c(=O)n(C)c(=O)n2CC(C)C. The summed E-state index contributed by atoms with van der Waals surface area (Å²) in [6.45, 7) is 4.27. The third kappa shape index (κ3) is 3.25. The van der Waals surface area contributed by atoms with Crippen LogP contribution in [0.2, 0.25) is 0 Å². The van der Waals surface area contributed by atoms with Gasteiger partial charge in [-0.05, 0) is 24.1 Å². The zero-order chi connectivity index (χ0) is 19.7. The maximum atomic E-state index is 12.8. The lowest BCUT2D eigenvalue weighted by Crippen LogP contribution is -2.40. The van der Waals surface area contributed by atoms with E-state index in [2.05, 4.69) is 9.97 Å². The summed E-state index contributed by atoms with van der Waals surface area (Å²) in [5.41, 5.74) is 0.358. The number of pyridine rings is 2. The van der Waals surface area contributed by atoms with Crippen LogP contribution in [0, 0.1) is 5.92 Å². The maximum Gasteiger partial charge on any atom is 0.338 e. The van der Waals surface area contributed by atoms with Gasteiger partial charge in [-0.25, -0.2) is 14.6 Å². The average Bonchev–Trinajstić information content (AvgIpc) is 2.68. The number of aromatic nitrogens is 4. The van der Waals surface area contributed by atoms with Gasteiger partial charge in [-0.15, -0.1) is 0 Å². The predicted octanol–water partition coefficient (Wildman–Crippen LogP) is 1.60. The number of carbonyl (C=O) groups excluding carboxylic acids is 1. The van der Waals surface area contributed by atoms with E-state index < -0.39 is 17.2 Å². The van der Waals surface area contributed by atoms with E-state index in [-0.39, 0.29) is 22.5 Å². The molecule has 3 aromatic heterocycles. The Labute approximate surface area is 155 Å². The second-order valence-electron chi connectivity index (χ2n) is 6.63. The molecule has 0 fully saturated rings. The fourth-order valence-corrected chi connectivity index (χ4v) is 2.94. The minimum Gasteiger partial charge on any atom is -0.465 e. The minimum absolute atomic E-state index is 0.0717. The fourth-order valence-electron chi connectivity index (χ4n) is 2.94. The Morgan fingerprint density at radius 3 is 2.48 bits per heavy atom. The van der Waals surface area contributed by atoms with Gasteiger partial charge in [-0.2, -0.15) is 0 Å². The van der Waals surface area contributed by atoms with Gasteiger partial charge in [0.25, 0.3) is 5.56 Å². The molecule has 8 nitrogen and oxygen atoms in total. The van der Waals surface area contributed by atoms with Crippen molar-refractivity contribution in [3.8, 4) is 11.3 Å². The first-order valence-corrected chi connectivity index (χ1v) is 8.48.